The number of nitrogens with zero attached hydrogens (tertiary/aromatic N) is 1. The van der Waals surface area contributed by atoms with E-state index in [2.05, 4.69) is 5.73 Å². The highest BCUT2D eigenvalue weighted by Crippen LogP contribution is 2.26. The number of hydrogen-bond donors (Lipinski definition) is 3. The fraction of sp³-hybridized carbons (Fsp3) is 0.300. The summed E-state index contributed by atoms with van der Waals surface area (Å²) in [7, 11) is 3.44. The van der Waals surface area contributed by atoms with E-state index in [1.807, 2.05) is 48.5 Å². The normalized spacial score (nSPS) is 11.6. The third-order valence-electron chi connectivity index (χ3n) is 4.14. The minimum atomic E-state index is -0.441. The second-order valence-corrected chi connectivity index (χ2v) is 6.52. The first-order valence-corrected chi connectivity index (χ1v) is 8.72. The van der Waals surface area contributed by atoms with Crippen LogP contribution in [0, 0.1) is 0 Å². The van der Waals surface area contributed by atoms with Crippen LogP contribution in [0.1, 0.15) is 17.5 Å². The number of aryl methyl sites for hydroxylation is 1. The highest BCUT2D eigenvalue weighted by atomic mass is 16.5. The smallest absolute Gasteiger partial charge is 0.280 e. The van der Waals surface area contributed by atoms with E-state index in [0.29, 0.717) is 24.3 Å². The number of nitrogens with one attached hydrogen (secondary N) is 1. The van der Waals surface area contributed by atoms with Crippen molar-refractivity contribution in [3.63, 3.8) is 0 Å². The summed E-state index contributed by atoms with van der Waals surface area (Å²) >= 11 is 0. The minimum Gasteiger partial charge on any atom is -0.457 e. The molecular weight excluding hydrogens is 346 g/mol. The molecule has 0 heterocycles. The molecule has 7 heteroatoms. The van der Waals surface area contributed by atoms with E-state index in [1.54, 1.807) is 24.5 Å². The van der Waals surface area contributed by atoms with E-state index >= 15 is 0 Å². The molecule has 27 heavy (non-hydrogen) atoms. The summed E-state index contributed by atoms with van der Waals surface area (Å²) in [6.45, 7) is 0. The van der Waals surface area contributed by atoms with Crippen LogP contribution in [0.5, 0.6) is 11.5 Å². The number of carbonyl (C=O) groups excluding carboxylic acids is 2. The number of likely N-dealkylation sites (N-methyl/N-ethyl adjacent to an activating group) is 1. The van der Waals surface area contributed by atoms with Crippen LogP contribution < -0.4 is 16.0 Å². The Labute approximate surface area is 158 Å². The van der Waals surface area contributed by atoms with Crippen molar-refractivity contribution in [2.24, 2.45) is 0 Å². The van der Waals surface area contributed by atoms with Crippen molar-refractivity contribution in [2.45, 2.75) is 25.3 Å². The van der Waals surface area contributed by atoms with Crippen LogP contribution in [-0.2, 0) is 22.4 Å². The number of hydrogen-bond acceptors (Lipinski definition) is 4. The summed E-state index contributed by atoms with van der Waals surface area (Å²) in [6.07, 6.45) is 1.18. The Morgan fingerprint density at radius 3 is 2.44 bits per heavy atom. The zero-order chi connectivity index (χ0) is 19.8. The SMILES string of the molecule is CN(C)C(=O)[C@@H]([NH3+])Cc1ccc(Oc2ccccc2CCC(=O)NO)cc1. The van der Waals surface area contributed by atoms with Crippen molar-refractivity contribution in [3.05, 3.63) is 59.7 Å². The van der Waals surface area contributed by atoms with Gasteiger partial charge in [-0.25, -0.2) is 5.48 Å². The van der Waals surface area contributed by atoms with Gasteiger partial charge in [0.15, 0.2) is 6.04 Å². The maximum Gasteiger partial charge on any atom is 0.280 e. The maximum atomic E-state index is 11.9. The number of ether oxygens (including phenoxy) is 1. The number of quaternary nitrogens is 1. The number of benzene rings is 2. The van der Waals surface area contributed by atoms with E-state index < -0.39 is 5.91 Å². The van der Waals surface area contributed by atoms with Crippen LogP contribution in [0.25, 0.3) is 0 Å². The van der Waals surface area contributed by atoms with Crippen LogP contribution in [0.2, 0.25) is 0 Å². The zero-order valence-electron chi connectivity index (χ0n) is 15.6. The van der Waals surface area contributed by atoms with E-state index in [-0.39, 0.29) is 18.4 Å². The van der Waals surface area contributed by atoms with Crippen LogP contribution in [0.15, 0.2) is 48.5 Å². The Balaban J connectivity index is 2.02. The third kappa shape index (κ3) is 6.09. The second kappa shape index (κ2) is 9.70. The first-order valence-electron chi connectivity index (χ1n) is 8.72. The van der Waals surface area contributed by atoms with Gasteiger partial charge < -0.3 is 15.4 Å². The molecule has 0 radical (unpaired) electrons. The fourth-order valence-corrected chi connectivity index (χ4v) is 2.67. The van der Waals surface area contributed by atoms with Gasteiger partial charge in [0.1, 0.15) is 11.5 Å². The van der Waals surface area contributed by atoms with Crippen molar-refractivity contribution in [3.8, 4) is 11.5 Å². The number of para-hydroxylation sites is 1. The van der Waals surface area contributed by atoms with E-state index in [9.17, 15) is 9.59 Å². The van der Waals surface area contributed by atoms with Crippen LogP contribution in [-0.4, -0.2) is 42.1 Å². The molecule has 2 aromatic rings. The molecule has 2 rings (SSSR count). The van der Waals surface area contributed by atoms with E-state index in [0.717, 1.165) is 11.1 Å². The summed E-state index contributed by atoms with van der Waals surface area (Å²) in [5, 5.41) is 8.61. The molecule has 0 saturated carbocycles. The van der Waals surface area contributed by atoms with Crippen LogP contribution in [0.3, 0.4) is 0 Å². The predicted octanol–water partition coefficient (Wildman–Crippen LogP) is 1.16. The first-order chi connectivity index (χ1) is 12.9. The molecule has 2 aromatic carbocycles. The molecule has 2 amide bonds. The monoisotopic (exact) mass is 372 g/mol. The van der Waals surface area contributed by atoms with Gasteiger partial charge in [0.05, 0.1) is 0 Å². The molecule has 0 saturated heterocycles. The average molecular weight is 372 g/mol. The summed E-state index contributed by atoms with van der Waals surface area (Å²) in [6, 6.07) is 14.6. The number of amides is 2. The lowest BCUT2D eigenvalue weighted by atomic mass is 10.1. The van der Waals surface area contributed by atoms with E-state index in [1.165, 1.54) is 0 Å². The molecule has 0 unspecified atom stereocenters. The Kier molecular flexibility index (Phi) is 7.34. The lowest BCUT2D eigenvalue weighted by molar-refractivity contribution is -0.404. The van der Waals surface area contributed by atoms with Crippen LogP contribution in [0.4, 0.5) is 0 Å². The Morgan fingerprint density at radius 1 is 1.15 bits per heavy atom. The molecule has 0 fully saturated rings. The third-order valence-corrected chi connectivity index (χ3v) is 4.14. The molecule has 0 aliphatic carbocycles. The van der Waals surface area contributed by atoms with Gasteiger partial charge in [0.25, 0.3) is 5.91 Å². The van der Waals surface area contributed by atoms with E-state index in [4.69, 9.17) is 9.94 Å². The molecule has 7 nitrogen and oxygen atoms in total. The molecule has 144 valence electrons. The number of carbonyl (C=O) groups is 2. The van der Waals surface area contributed by atoms with Crippen molar-refractivity contribution < 1.29 is 25.3 Å². The van der Waals surface area contributed by atoms with Gasteiger partial charge >= 0.3 is 0 Å². The Hall–Kier alpha value is -2.90. The number of rotatable bonds is 8. The van der Waals surface area contributed by atoms with Gasteiger partial charge in [-0.2, -0.15) is 0 Å². The van der Waals surface area contributed by atoms with Gasteiger partial charge in [-0.15, -0.1) is 0 Å². The van der Waals surface area contributed by atoms with Gasteiger partial charge in [-0.3, -0.25) is 14.8 Å². The molecule has 5 N–H and O–H groups in total. The lowest BCUT2D eigenvalue weighted by Gasteiger charge is -2.14. The Bertz CT molecular complexity index is 775. The summed E-state index contributed by atoms with van der Waals surface area (Å²) in [5.41, 5.74) is 7.43. The number of hydroxylamine groups is 1. The molecule has 0 aliphatic rings. The molecule has 0 aromatic heterocycles. The average Bonchev–Trinajstić information content (AvgIpc) is 2.67. The predicted molar refractivity (Wildman–Crippen MR) is 100 cm³/mol. The topological polar surface area (TPSA) is 107 Å². The summed E-state index contributed by atoms with van der Waals surface area (Å²) in [5.74, 6) is 0.881. The maximum absolute atomic E-state index is 11.9. The largest absolute Gasteiger partial charge is 0.457 e. The van der Waals surface area contributed by atoms with Crippen molar-refractivity contribution >= 4 is 11.8 Å². The molecular formula is C20H26N3O4+. The highest BCUT2D eigenvalue weighted by Gasteiger charge is 2.19. The molecule has 0 aliphatic heterocycles. The van der Waals surface area contributed by atoms with Crippen LogP contribution >= 0.6 is 0 Å². The molecule has 1 atom stereocenters. The Morgan fingerprint density at radius 2 is 1.81 bits per heavy atom. The van der Waals surface area contributed by atoms with Gasteiger partial charge in [-0.05, 0) is 35.7 Å². The summed E-state index contributed by atoms with van der Waals surface area (Å²) < 4.78 is 5.94. The fourth-order valence-electron chi connectivity index (χ4n) is 2.67. The quantitative estimate of drug-likeness (QED) is 0.477. The molecule has 0 bridgehead atoms. The second-order valence-electron chi connectivity index (χ2n) is 6.52. The van der Waals surface area contributed by atoms with Crippen molar-refractivity contribution in [1.82, 2.24) is 10.4 Å². The molecule has 0 spiro atoms. The first kappa shape index (κ1) is 20.4. The van der Waals surface area contributed by atoms with Gasteiger partial charge in [0, 0.05) is 26.9 Å². The van der Waals surface area contributed by atoms with Crippen molar-refractivity contribution in [1.29, 1.82) is 0 Å². The standard InChI is InChI=1S/C20H25N3O4/c1-23(2)20(25)17(21)13-14-7-10-16(11-8-14)27-18-6-4-3-5-15(18)9-12-19(24)22-26/h3-8,10-11,17,26H,9,12-13,21H2,1-2H3,(H,22,24)/p+1/t17-/m0/s1. The highest BCUT2D eigenvalue weighted by molar-refractivity contribution is 5.80. The van der Waals surface area contributed by atoms with Crippen molar-refractivity contribution in [2.75, 3.05) is 14.1 Å². The zero-order valence-corrected chi connectivity index (χ0v) is 15.6. The van der Waals surface area contributed by atoms with Gasteiger partial charge in [0.2, 0.25) is 5.91 Å². The lowest BCUT2D eigenvalue weighted by Crippen LogP contribution is -2.68. The van der Waals surface area contributed by atoms with Gasteiger partial charge in [-0.1, -0.05) is 30.3 Å². The summed E-state index contributed by atoms with van der Waals surface area (Å²) in [4.78, 5) is 24.7. The minimum absolute atomic E-state index is 0.00355.